The molecule has 0 aliphatic heterocycles. The molecule has 1 rings (SSSR count). The van der Waals surface area contributed by atoms with E-state index < -0.39 is 18.6 Å². The lowest BCUT2D eigenvalue weighted by Gasteiger charge is -2.12. The Morgan fingerprint density at radius 2 is 2.00 bits per heavy atom. The lowest BCUT2D eigenvalue weighted by atomic mass is 10.1. The van der Waals surface area contributed by atoms with E-state index in [0.29, 0.717) is 5.69 Å². The molecule has 15 heavy (non-hydrogen) atoms. The van der Waals surface area contributed by atoms with Crippen LogP contribution in [0.25, 0.3) is 0 Å². The molecular formula is C9H12ClF3N2. The van der Waals surface area contributed by atoms with Crippen LogP contribution in [0, 0.1) is 0 Å². The molecule has 0 aliphatic carbocycles. The third-order valence-electron chi connectivity index (χ3n) is 1.81. The van der Waals surface area contributed by atoms with Gasteiger partial charge in [-0.15, -0.1) is 12.4 Å². The van der Waals surface area contributed by atoms with Crippen LogP contribution in [-0.2, 0) is 0 Å². The lowest BCUT2D eigenvalue weighted by molar-refractivity contribution is -0.136. The van der Waals surface area contributed by atoms with Crippen LogP contribution in [0.2, 0.25) is 0 Å². The number of nitrogens with two attached hydrogens (primary N) is 1. The molecule has 86 valence electrons. The molecule has 6 heteroatoms. The molecule has 0 radical (unpaired) electrons. The minimum atomic E-state index is -4.15. The molecule has 0 spiro atoms. The van der Waals surface area contributed by atoms with Gasteiger partial charge < -0.3 is 5.73 Å². The Morgan fingerprint density at radius 1 is 1.33 bits per heavy atom. The zero-order chi connectivity index (χ0) is 10.6. The van der Waals surface area contributed by atoms with Gasteiger partial charge in [0.2, 0.25) is 0 Å². The zero-order valence-corrected chi connectivity index (χ0v) is 8.68. The first-order valence-corrected chi connectivity index (χ1v) is 4.22. The highest BCUT2D eigenvalue weighted by Gasteiger charge is 2.27. The van der Waals surface area contributed by atoms with Gasteiger partial charge in [-0.25, -0.2) is 0 Å². The Labute approximate surface area is 92.1 Å². The first kappa shape index (κ1) is 14.2. The van der Waals surface area contributed by atoms with Gasteiger partial charge in [-0.2, -0.15) is 13.2 Å². The van der Waals surface area contributed by atoms with Gasteiger partial charge in [0.25, 0.3) is 0 Å². The summed E-state index contributed by atoms with van der Waals surface area (Å²) in [5, 5.41) is 0. The zero-order valence-electron chi connectivity index (χ0n) is 7.87. The number of hydrogen-bond acceptors (Lipinski definition) is 2. The molecular weight excluding hydrogens is 229 g/mol. The highest BCUT2D eigenvalue weighted by molar-refractivity contribution is 5.85. The van der Waals surface area contributed by atoms with Crippen LogP contribution in [0.1, 0.15) is 24.6 Å². The van der Waals surface area contributed by atoms with Crippen LogP contribution < -0.4 is 5.73 Å². The first-order valence-electron chi connectivity index (χ1n) is 4.22. The second-order valence-electron chi connectivity index (χ2n) is 3.01. The average molecular weight is 241 g/mol. The van der Waals surface area contributed by atoms with Crippen molar-refractivity contribution in [3.05, 3.63) is 30.1 Å². The van der Waals surface area contributed by atoms with E-state index in [4.69, 9.17) is 5.73 Å². The summed E-state index contributed by atoms with van der Waals surface area (Å²) in [4.78, 5) is 3.89. The summed E-state index contributed by atoms with van der Waals surface area (Å²) in [5.74, 6) is 0. The summed E-state index contributed by atoms with van der Waals surface area (Å²) in [6, 6.07) is 4.38. The van der Waals surface area contributed by atoms with Crippen molar-refractivity contribution < 1.29 is 13.2 Å². The molecule has 1 aromatic heterocycles. The van der Waals surface area contributed by atoms with Crippen molar-refractivity contribution in [1.29, 1.82) is 0 Å². The fourth-order valence-electron chi connectivity index (χ4n) is 1.06. The van der Waals surface area contributed by atoms with E-state index in [2.05, 4.69) is 4.98 Å². The lowest BCUT2D eigenvalue weighted by Crippen LogP contribution is -2.16. The van der Waals surface area contributed by atoms with E-state index in [9.17, 15) is 13.2 Å². The van der Waals surface area contributed by atoms with Crippen molar-refractivity contribution >= 4 is 12.4 Å². The summed E-state index contributed by atoms with van der Waals surface area (Å²) >= 11 is 0. The minimum Gasteiger partial charge on any atom is -0.323 e. The second kappa shape index (κ2) is 5.92. The van der Waals surface area contributed by atoms with Crippen molar-refractivity contribution in [3.8, 4) is 0 Å². The molecule has 0 fully saturated rings. The third kappa shape index (κ3) is 5.59. The highest BCUT2D eigenvalue weighted by Crippen LogP contribution is 2.25. The SMILES string of the molecule is Cl.N[C@@H](CCC(F)(F)F)c1ccccn1. The highest BCUT2D eigenvalue weighted by atomic mass is 35.5. The van der Waals surface area contributed by atoms with Crippen molar-refractivity contribution in [3.63, 3.8) is 0 Å². The quantitative estimate of drug-likeness (QED) is 0.882. The smallest absolute Gasteiger partial charge is 0.323 e. The van der Waals surface area contributed by atoms with Gasteiger partial charge in [0.05, 0.1) is 5.69 Å². The van der Waals surface area contributed by atoms with E-state index in [1.54, 1.807) is 18.2 Å². The molecule has 0 unspecified atom stereocenters. The van der Waals surface area contributed by atoms with Crippen molar-refractivity contribution in [2.24, 2.45) is 5.73 Å². The first-order chi connectivity index (χ1) is 6.49. The van der Waals surface area contributed by atoms with Crippen molar-refractivity contribution in [1.82, 2.24) is 4.98 Å². The fraction of sp³-hybridized carbons (Fsp3) is 0.444. The van der Waals surface area contributed by atoms with Gasteiger partial charge in [0.1, 0.15) is 0 Å². The van der Waals surface area contributed by atoms with Crippen LogP contribution in [0.5, 0.6) is 0 Å². The molecule has 2 N–H and O–H groups in total. The molecule has 0 amide bonds. The fourth-order valence-corrected chi connectivity index (χ4v) is 1.06. The van der Waals surface area contributed by atoms with Gasteiger partial charge in [-0.05, 0) is 18.6 Å². The Kier molecular flexibility index (Phi) is 5.60. The van der Waals surface area contributed by atoms with Gasteiger partial charge in [0.15, 0.2) is 0 Å². The normalized spacial score (nSPS) is 13.1. The van der Waals surface area contributed by atoms with Gasteiger partial charge >= 0.3 is 6.18 Å². The summed E-state index contributed by atoms with van der Waals surface area (Å²) < 4.78 is 35.6. The Balaban J connectivity index is 0.00000196. The number of halogens is 4. The maximum absolute atomic E-state index is 11.9. The van der Waals surface area contributed by atoms with E-state index in [0.717, 1.165) is 0 Å². The number of aromatic nitrogens is 1. The maximum Gasteiger partial charge on any atom is 0.389 e. The second-order valence-corrected chi connectivity index (χ2v) is 3.01. The molecule has 1 atom stereocenters. The van der Waals surface area contributed by atoms with Crippen LogP contribution in [0.3, 0.4) is 0 Å². The number of alkyl halides is 3. The Hall–Kier alpha value is -0.810. The average Bonchev–Trinajstić information content (AvgIpc) is 2.14. The monoisotopic (exact) mass is 240 g/mol. The molecule has 0 saturated carbocycles. The maximum atomic E-state index is 11.9. The molecule has 0 saturated heterocycles. The molecule has 1 aromatic rings. The minimum absolute atomic E-state index is 0. The molecule has 0 aliphatic rings. The predicted molar refractivity (Wildman–Crippen MR) is 53.7 cm³/mol. The van der Waals surface area contributed by atoms with E-state index in [1.807, 2.05) is 0 Å². The summed E-state index contributed by atoms with van der Waals surface area (Å²) in [5.41, 5.74) is 6.04. The largest absolute Gasteiger partial charge is 0.389 e. The van der Waals surface area contributed by atoms with Gasteiger partial charge in [-0.1, -0.05) is 6.07 Å². The Morgan fingerprint density at radius 3 is 2.47 bits per heavy atom. The Bertz CT molecular complexity index is 276. The topological polar surface area (TPSA) is 38.9 Å². The van der Waals surface area contributed by atoms with Crippen LogP contribution in [-0.4, -0.2) is 11.2 Å². The summed E-state index contributed by atoms with van der Waals surface area (Å²) in [7, 11) is 0. The van der Waals surface area contributed by atoms with E-state index in [-0.39, 0.29) is 18.8 Å². The standard InChI is InChI=1S/C9H11F3N2.ClH/c10-9(11,12)5-4-7(13)8-3-1-2-6-14-8;/h1-3,6-7H,4-5,13H2;1H/t7-;/m0./s1. The number of pyridine rings is 1. The summed E-state index contributed by atoms with van der Waals surface area (Å²) in [6.45, 7) is 0. The molecule has 0 bridgehead atoms. The molecule has 1 heterocycles. The van der Waals surface area contributed by atoms with Gasteiger partial charge in [-0.3, -0.25) is 4.98 Å². The van der Waals surface area contributed by atoms with Crippen molar-refractivity contribution in [2.75, 3.05) is 0 Å². The number of rotatable bonds is 3. The van der Waals surface area contributed by atoms with E-state index >= 15 is 0 Å². The summed E-state index contributed by atoms with van der Waals surface area (Å²) in [6.07, 6.45) is -3.62. The third-order valence-corrected chi connectivity index (χ3v) is 1.81. The number of nitrogens with zero attached hydrogens (tertiary/aromatic N) is 1. The van der Waals surface area contributed by atoms with Crippen LogP contribution in [0.15, 0.2) is 24.4 Å². The van der Waals surface area contributed by atoms with Crippen molar-refractivity contribution in [2.45, 2.75) is 25.1 Å². The van der Waals surface area contributed by atoms with Crippen LogP contribution in [0.4, 0.5) is 13.2 Å². The van der Waals surface area contributed by atoms with Crippen LogP contribution >= 0.6 is 12.4 Å². The molecule has 2 nitrogen and oxygen atoms in total. The molecule has 0 aromatic carbocycles. The predicted octanol–water partition coefficient (Wildman–Crippen LogP) is 2.85. The van der Waals surface area contributed by atoms with E-state index in [1.165, 1.54) is 6.20 Å². The number of hydrogen-bond donors (Lipinski definition) is 1. The van der Waals surface area contributed by atoms with Gasteiger partial charge in [0, 0.05) is 18.7 Å².